The number of imidazole rings is 1. The van der Waals surface area contributed by atoms with Crippen LogP contribution in [0.15, 0.2) is 36.8 Å². The summed E-state index contributed by atoms with van der Waals surface area (Å²) in [4.78, 5) is 27.1. The molecule has 0 saturated carbocycles. The Balaban J connectivity index is 1.31. The second kappa shape index (κ2) is 9.86. The summed E-state index contributed by atoms with van der Waals surface area (Å²) >= 11 is 0. The molecule has 2 atom stereocenters. The Kier molecular flexibility index (Phi) is 6.11. The standard InChI is InChI=1S/C32H38N10O2/c1-19-22-15-34-42(25(22)12-24(35-19)23-14-33-8-7-27(23)43-6)28-13-26-29(30(36-28)41-16-21-11-20(41)17-44-21)37-31(39(26)5)40-10-9-38(4)32(2,3)18-40/h7-8,12-15,20-21H,9-11,16-18H2,1-6H3/t20-,21-/m1/s1. The maximum absolute atomic E-state index is 5.97. The van der Waals surface area contributed by atoms with Gasteiger partial charge < -0.3 is 23.8 Å². The van der Waals surface area contributed by atoms with Gasteiger partial charge in [-0.05, 0) is 46.4 Å². The molecule has 5 aromatic rings. The predicted molar refractivity (Wildman–Crippen MR) is 170 cm³/mol. The van der Waals surface area contributed by atoms with Gasteiger partial charge in [0.15, 0.2) is 11.6 Å². The van der Waals surface area contributed by atoms with Crippen molar-refractivity contribution in [3.05, 3.63) is 42.5 Å². The molecule has 8 rings (SSSR count). The highest BCUT2D eigenvalue weighted by atomic mass is 16.5. The molecule has 12 nitrogen and oxygen atoms in total. The van der Waals surface area contributed by atoms with Crippen LogP contribution in [0.3, 0.4) is 0 Å². The summed E-state index contributed by atoms with van der Waals surface area (Å²) < 4.78 is 15.8. The molecule has 5 aromatic heterocycles. The average Bonchev–Trinajstić information content (AvgIpc) is 3.82. The first-order valence-corrected chi connectivity index (χ1v) is 15.3. The Hall–Kier alpha value is -4.29. The molecule has 0 aromatic carbocycles. The first kappa shape index (κ1) is 27.3. The van der Waals surface area contributed by atoms with Gasteiger partial charge in [0.2, 0.25) is 5.95 Å². The number of hydrogen-bond acceptors (Lipinski definition) is 10. The van der Waals surface area contributed by atoms with Gasteiger partial charge in [0, 0.05) is 68.3 Å². The number of piperazine rings is 1. The largest absolute Gasteiger partial charge is 0.496 e. The lowest BCUT2D eigenvalue weighted by molar-refractivity contribution is 0.0989. The Morgan fingerprint density at radius 2 is 1.91 bits per heavy atom. The van der Waals surface area contributed by atoms with E-state index in [2.05, 4.69) is 58.3 Å². The van der Waals surface area contributed by atoms with Gasteiger partial charge in [-0.1, -0.05) is 0 Å². The van der Waals surface area contributed by atoms with Crippen molar-refractivity contribution in [3.63, 3.8) is 0 Å². The van der Waals surface area contributed by atoms with Crippen molar-refractivity contribution in [1.29, 1.82) is 0 Å². The van der Waals surface area contributed by atoms with Crippen LogP contribution in [0.25, 0.3) is 39.0 Å². The number of morpholine rings is 1. The highest BCUT2D eigenvalue weighted by Crippen LogP contribution is 2.38. The van der Waals surface area contributed by atoms with Crippen LogP contribution in [0.4, 0.5) is 11.8 Å². The lowest BCUT2D eigenvalue weighted by Crippen LogP contribution is -2.58. The van der Waals surface area contributed by atoms with Gasteiger partial charge in [0.05, 0.1) is 54.4 Å². The summed E-state index contributed by atoms with van der Waals surface area (Å²) in [6.45, 7) is 10.9. The molecular weight excluding hydrogens is 556 g/mol. The average molecular weight is 595 g/mol. The summed E-state index contributed by atoms with van der Waals surface area (Å²) in [6, 6.07) is 6.32. The van der Waals surface area contributed by atoms with E-state index in [-0.39, 0.29) is 11.6 Å². The Morgan fingerprint density at radius 1 is 1.05 bits per heavy atom. The van der Waals surface area contributed by atoms with Crippen molar-refractivity contribution in [2.45, 2.75) is 44.9 Å². The van der Waals surface area contributed by atoms with Crippen LogP contribution >= 0.6 is 0 Å². The summed E-state index contributed by atoms with van der Waals surface area (Å²) in [7, 11) is 5.98. The van der Waals surface area contributed by atoms with Gasteiger partial charge in [-0.25, -0.2) is 14.6 Å². The van der Waals surface area contributed by atoms with E-state index in [4.69, 9.17) is 29.5 Å². The van der Waals surface area contributed by atoms with Crippen LogP contribution < -0.4 is 14.5 Å². The molecule has 12 heteroatoms. The van der Waals surface area contributed by atoms with Gasteiger partial charge in [0.25, 0.3) is 0 Å². The molecule has 2 bridgehead atoms. The number of anilines is 2. The number of aryl methyl sites for hydroxylation is 2. The van der Waals surface area contributed by atoms with Gasteiger partial charge in [-0.2, -0.15) is 5.10 Å². The third-order valence-corrected chi connectivity index (χ3v) is 9.84. The van der Waals surface area contributed by atoms with Crippen LogP contribution in [0.5, 0.6) is 5.75 Å². The summed E-state index contributed by atoms with van der Waals surface area (Å²) in [6.07, 6.45) is 6.64. The molecule has 0 N–H and O–H groups in total. The number of pyridine rings is 3. The van der Waals surface area contributed by atoms with Crippen LogP contribution in [-0.2, 0) is 11.8 Å². The second-order valence-electron chi connectivity index (χ2n) is 13.0. The van der Waals surface area contributed by atoms with E-state index in [1.54, 1.807) is 19.5 Å². The molecule has 3 aliphatic rings. The molecule has 0 aliphatic carbocycles. The van der Waals surface area contributed by atoms with Crippen LogP contribution in [0, 0.1) is 6.92 Å². The topological polar surface area (TPSA) is 102 Å². The predicted octanol–water partition coefficient (Wildman–Crippen LogP) is 3.59. The molecule has 8 heterocycles. The van der Waals surface area contributed by atoms with Crippen molar-refractivity contribution in [3.8, 4) is 22.8 Å². The minimum absolute atomic E-state index is 0.0442. The molecule has 0 amide bonds. The Morgan fingerprint density at radius 3 is 2.66 bits per heavy atom. The molecule has 0 spiro atoms. The van der Waals surface area contributed by atoms with E-state index in [9.17, 15) is 0 Å². The van der Waals surface area contributed by atoms with Gasteiger partial charge in [-0.15, -0.1) is 0 Å². The number of methoxy groups -OCH3 is 1. The van der Waals surface area contributed by atoms with E-state index in [1.807, 2.05) is 29.9 Å². The maximum atomic E-state index is 5.97. The second-order valence-corrected chi connectivity index (χ2v) is 13.0. The van der Waals surface area contributed by atoms with Gasteiger partial charge in [-0.3, -0.25) is 14.9 Å². The lowest BCUT2D eigenvalue weighted by Gasteiger charge is -2.45. The van der Waals surface area contributed by atoms with Gasteiger partial charge in [0.1, 0.15) is 11.3 Å². The van der Waals surface area contributed by atoms with E-state index in [1.165, 1.54) is 0 Å². The Labute approximate surface area is 256 Å². The number of hydrogen-bond donors (Lipinski definition) is 0. The highest BCUT2D eigenvalue weighted by Gasteiger charge is 2.41. The quantitative estimate of drug-likeness (QED) is 0.300. The zero-order chi connectivity index (χ0) is 30.3. The van der Waals surface area contributed by atoms with Crippen molar-refractivity contribution in [2.75, 3.05) is 56.7 Å². The molecule has 3 saturated heterocycles. The highest BCUT2D eigenvalue weighted by molar-refractivity contribution is 5.92. The third-order valence-electron chi connectivity index (χ3n) is 9.84. The third kappa shape index (κ3) is 4.15. The minimum atomic E-state index is 0.0442. The van der Waals surface area contributed by atoms with Crippen molar-refractivity contribution >= 4 is 33.7 Å². The number of nitrogens with zero attached hydrogens (tertiary/aromatic N) is 10. The van der Waals surface area contributed by atoms with Crippen LogP contribution in [0.1, 0.15) is 26.0 Å². The smallest absolute Gasteiger partial charge is 0.206 e. The molecule has 228 valence electrons. The van der Waals surface area contributed by atoms with E-state index in [0.717, 1.165) is 101 Å². The number of aromatic nitrogens is 7. The maximum Gasteiger partial charge on any atom is 0.206 e. The van der Waals surface area contributed by atoms with Crippen LogP contribution in [0.2, 0.25) is 0 Å². The fourth-order valence-electron chi connectivity index (χ4n) is 7.06. The van der Waals surface area contributed by atoms with Crippen molar-refractivity contribution < 1.29 is 9.47 Å². The number of ether oxygens (including phenoxy) is 2. The van der Waals surface area contributed by atoms with E-state index < -0.39 is 0 Å². The molecule has 3 fully saturated rings. The first-order chi connectivity index (χ1) is 21.2. The normalized spacial score (nSPS) is 21.7. The van der Waals surface area contributed by atoms with E-state index in [0.29, 0.717) is 6.04 Å². The van der Waals surface area contributed by atoms with Crippen molar-refractivity contribution in [2.24, 2.45) is 7.05 Å². The van der Waals surface area contributed by atoms with Crippen LogP contribution in [-0.4, -0.2) is 104 Å². The van der Waals surface area contributed by atoms with Gasteiger partial charge >= 0.3 is 0 Å². The summed E-state index contributed by atoms with van der Waals surface area (Å²) in [5.74, 6) is 3.33. The minimum Gasteiger partial charge on any atom is -0.496 e. The summed E-state index contributed by atoms with van der Waals surface area (Å²) in [5.41, 5.74) is 5.40. The number of likely N-dealkylation sites (N-methyl/N-ethyl adjacent to an activating group) is 1. The fraction of sp³-hybridized carbons (Fsp3) is 0.469. The monoisotopic (exact) mass is 594 g/mol. The lowest BCUT2D eigenvalue weighted by atomic mass is 10.0. The number of rotatable bonds is 5. The molecule has 0 radical (unpaired) electrons. The zero-order valence-corrected chi connectivity index (χ0v) is 26.2. The summed E-state index contributed by atoms with van der Waals surface area (Å²) in [5, 5.41) is 5.83. The molecule has 3 aliphatic heterocycles. The Bertz CT molecular complexity index is 1910. The number of fused-ring (bicyclic) bond motifs is 4. The SMILES string of the molecule is COc1ccncc1-c1cc2c(cnn2-c2cc3c(nc(N4CCN(C)C(C)(C)C4)n3C)c(N3C[C@H]4C[C@@H]3CO4)n2)c(C)n1. The molecular formula is C32H38N10O2. The fourth-order valence-corrected chi connectivity index (χ4v) is 7.06. The van der Waals surface area contributed by atoms with E-state index >= 15 is 0 Å². The molecule has 44 heavy (non-hydrogen) atoms. The first-order valence-electron chi connectivity index (χ1n) is 15.3. The van der Waals surface area contributed by atoms with Crippen molar-refractivity contribution in [1.82, 2.24) is 39.2 Å². The zero-order valence-electron chi connectivity index (χ0n) is 26.2. The molecule has 0 unspecified atom stereocenters.